The van der Waals surface area contributed by atoms with Gasteiger partial charge in [0.15, 0.2) is 0 Å². The van der Waals surface area contributed by atoms with E-state index in [4.69, 9.17) is 5.73 Å². The fraction of sp³-hybridized carbons (Fsp3) is 0.625. The van der Waals surface area contributed by atoms with Crippen LogP contribution >= 0.6 is 0 Å². The van der Waals surface area contributed by atoms with E-state index in [0.29, 0.717) is 5.92 Å². The summed E-state index contributed by atoms with van der Waals surface area (Å²) in [5.74, 6) is 0.620. The summed E-state index contributed by atoms with van der Waals surface area (Å²) in [6, 6.07) is 6.89. The van der Waals surface area contributed by atoms with Gasteiger partial charge in [0, 0.05) is 0 Å². The average Bonchev–Trinajstić information content (AvgIpc) is 2.26. The van der Waals surface area contributed by atoms with Gasteiger partial charge in [-0.1, -0.05) is 52.3 Å². The molecule has 1 atom stereocenters. The maximum absolute atomic E-state index is 5.78. The Morgan fingerprint density at radius 2 is 1.88 bits per heavy atom. The van der Waals surface area contributed by atoms with Crippen molar-refractivity contribution in [2.24, 2.45) is 11.7 Å². The molecule has 1 unspecified atom stereocenters. The highest BCUT2D eigenvalue weighted by atomic mass is 14.5. The van der Waals surface area contributed by atoms with Crippen molar-refractivity contribution in [3.05, 3.63) is 34.9 Å². The fourth-order valence-corrected chi connectivity index (χ4v) is 2.10. The van der Waals surface area contributed by atoms with Crippen LogP contribution in [-0.2, 0) is 11.8 Å². The van der Waals surface area contributed by atoms with Crippen molar-refractivity contribution in [3.8, 4) is 0 Å². The summed E-state index contributed by atoms with van der Waals surface area (Å²) in [4.78, 5) is 0. The van der Waals surface area contributed by atoms with E-state index in [9.17, 15) is 0 Å². The van der Waals surface area contributed by atoms with Gasteiger partial charge in [-0.2, -0.15) is 0 Å². The van der Waals surface area contributed by atoms with Gasteiger partial charge in [-0.05, 0) is 47.9 Å². The second-order valence-corrected chi connectivity index (χ2v) is 6.11. The second kappa shape index (κ2) is 5.68. The lowest BCUT2D eigenvalue weighted by molar-refractivity contribution is 0.517. The average molecular weight is 233 g/mol. The first kappa shape index (κ1) is 14.2. The fourth-order valence-electron chi connectivity index (χ4n) is 2.10. The van der Waals surface area contributed by atoms with E-state index in [1.165, 1.54) is 16.7 Å². The van der Waals surface area contributed by atoms with Crippen LogP contribution in [0.4, 0.5) is 0 Å². The zero-order valence-electron chi connectivity index (χ0n) is 12.0. The number of rotatable bonds is 4. The van der Waals surface area contributed by atoms with Crippen molar-refractivity contribution in [2.75, 3.05) is 6.54 Å². The Hall–Kier alpha value is -0.820. The molecule has 0 aromatic heterocycles. The SMILES string of the molecule is CCC(CN)Cc1ccc(C(C)(C)C)cc1C. The standard InChI is InChI=1S/C16H27N/c1-6-13(11-17)10-14-7-8-15(9-12(14)2)16(3,4)5/h7-9,13H,6,10-11,17H2,1-5H3. The largest absolute Gasteiger partial charge is 0.330 e. The molecule has 0 bridgehead atoms. The molecule has 2 N–H and O–H groups in total. The molecule has 0 amide bonds. The summed E-state index contributed by atoms with van der Waals surface area (Å²) >= 11 is 0. The van der Waals surface area contributed by atoms with Crippen LogP contribution in [0.15, 0.2) is 18.2 Å². The Morgan fingerprint density at radius 1 is 1.24 bits per heavy atom. The first-order chi connectivity index (χ1) is 7.88. The number of aryl methyl sites for hydroxylation is 1. The molecule has 0 aliphatic carbocycles. The van der Waals surface area contributed by atoms with Crippen LogP contribution in [0.1, 0.15) is 50.8 Å². The summed E-state index contributed by atoms with van der Waals surface area (Å²) in [5.41, 5.74) is 10.3. The smallest absolute Gasteiger partial charge is 0.00458 e. The molecule has 0 saturated carbocycles. The maximum Gasteiger partial charge on any atom is -0.00458 e. The minimum absolute atomic E-state index is 0.237. The molecule has 17 heavy (non-hydrogen) atoms. The highest BCUT2D eigenvalue weighted by molar-refractivity contribution is 5.34. The van der Waals surface area contributed by atoms with Crippen LogP contribution in [0, 0.1) is 12.8 Å². The number of hydrogen-bond donors (Lipinski definition) is 1. The van der Waals surface area contributed by atoms with Crippen LogP contribution in [-0.4, -0.2) is 6.54 Å². The molecule has 0 radical (unpaired) electrons. The topological polar surface area (TPSA) is 26.0 Å². The minimum Gasteiger partial charge on any atom is -0.330 e. The third-order valence-corrected chi connectivity index (χ3v) is 3.63. The molecule has 0 fully saturated rings. The van der Waals surface area contributed by atoms with Crippen molar-refractivity contribution in [3.63, 3.8) is 0 Å². The van der Waals surface area contributed by atoms with Gasteiger partial charge in [-0.3, -0.25) is 0 Å². The first-order valence-electron chi connectivity index (χ1n) is 6.68. The summed E-state index contributed by atoms with van der Waals surface area (Å²) in [5, 5.41) is 0. The van der Waals surface area contributed by atoms with E-state index in [2.05, 4.69) is 52.8 Å². The molecular formula is C16H27N. The number of nitrogens with two attached hydrogens (primary N) is 1. The van der Waals surface area contributed by atoms with Gasteiger partial charge >= 0.3 is 0 Å². The van der Waals surface area contributed by atoms with Crippen LogP contribution in [0.5, 0.6) is 0 Å². The maximum atomic E-state index is 5.78. The Balaban J connectivity index is 2.90. The van der Waals surface area contributed by atoms with E-state index in [0.717, 1.165) is 19.4 Å². The molecule has 1 rings (SSSR count). The van der Waals surface area contributed by atoms with Gasteiger partial charge in [0.2, 0.25) is 0 Å². The van der Waals surface area contributed by atoms with Crippen LogP contribution < -0.4 is 5.73 Å². The van der Waals surface area contributed by atoms with Gasteiger partial charge in [-0.15, -0.1) is 0 Å². The van der Waals surface area contributed by atoms with Gasteiger partial charge in [0.25, 0.3) is 0 Å². The minimum atomic E-state index is 0.237. The summed E-state index contributed by atoms with van der Waals surface area (Å²) in [6.45, 7) is 12.0. The highest BCUT2D eigenvalue weighted by Crippen LogP contribution is 2.25. The van der Waals surface area contributed by atoms with Gasteiger partial charge in [-0.25, -0.2) is 0 Å². The van der Waals surface area contributed by atoms with Gasteiger partial charge in [0.1, 0.15) is 0 Å². The van der Waals surface area contributed by atoms with Crippen molar-refractivity contribution in [2.45, 2.75) is 52.9 Å². The number of benzene rings is 1. The lowest BCUT2D eigenvalue weighted by Gasteiger charge is -2.21. The summed E-state index contributed by atoms with van der Waals surface area (Å²) in [7, 11) is 0. The van der Waals surface area contributed by atoms with Gasteiger partial charge < -0.3 is 5.73 Å². The van der Waals surface area contributed by atoms with Crippen molar-refractivity contribution < 1.29 is 0 Å². The molecule has 0 spiro atoms. The third kappa shape index (κ3) is 3.85. The molecule has 0 aliphatic heterocycles. The van der Waals surface area contributed by atoms with Crippen LogP contribution in [0.3, 0.4) is 0 Å². The van der Waals surface area contributed by atoms with Crippen LogP contribution in [0.25, 0.3) is 0 Å². The monoisotopic (exact) mass is 233 g/mol. The molecule has 0 aliphatic rings. The summed E-state index contributed by atoms with van der Waals surface area (Å²) in [6.07, 6.45) is 2.28. The lowest BCUT2D eigenvalue weighted by atomic mass is 9.84. The zero-order chi connectivity index (χ0) is 13.1. The Morgan fingerprint density at radius 3 is 2.29 bits per heavy atom. The quantitative estimate of drug-likeness (QED) is 0.840. The Kier molecular flexibility index (Phi) is 4.76. The van der Waals surface area contributed by atoms with E-state index < -0.39 is 0 Å². The first-order valence-corrected chi connectivity index (χ1v) is 6.68. The number of hydrogen-bond acceptors (Lipinski definition) is 1. The zero-order valence-corrected chi connectivity index (χ0v) is 12.0. The molecule has 1 aromatic rings. The molecule has 0 saturated heterocycles. The molecule has 1 nitrogen and oxygen atoms in total. The Labute approximate surface area is 106 Å². The lowest BCUT2D eigenvalue weighted by Crippen LogP contribution is -2.17. The molecule has 96 valence electrons. The Bertz CT molecular complexity index is 356. The summed E-state index contributed by atoms with van der Waals surface area (Å²) < 4.78 is 0. The van der Waals surface area contributed by atoms with E-state index in [1.54, 1.807) is 0 Å². The normalized spacial score (nSPS) is 13.8. The van der Waals surface area contributed by atoms with Crippen LogP contribution in [0.2, 0.25) is 0 Å². The van der Waals surface area contributed by atoms with Crippen molar-refractivity contribution in [1.82, 2.24) is 0 Å². The molecular weight excluding hydrogens is 206 g/mol. The molecule has 0 heterocycles. The molecule has 1 heteroatoms. The van der Waals surface area contributed by atoms with E-state index in [1.807, 2.05) is 0 Å². The molecule has 1 aromatic carbocycles. The van der Waals surface area contributed by atoms with Crippen molar-refractivity contribution in [1.29, 1.82) is 0 Å². The predicted molar refractivity (Wildman–Crippen MR) is 76.4 cm³/mol. The predicted octanol–water partition coefficient (Wildman–Crippen LogP) is 3.82. The van der Waals surface area contributed by atoms with E-state index >= 15 is 0 Å². The van der Waals surface area contributed by atoms with E-state index in [-0.39, 0.29) is 5.41 Å². The van der Waals surface area contributed by atoms with Crippen molar-refractivity contribution >= 4 is 0 Å². The third-order valence-electron chi connectivity index (χ3n) is 3.63. The highest BCUT2D eigenvalue weighted by Gasteiger charge is 2.15. The van der Waals surface area contributed by atoms with Gasteiger partial charge in [0.05, 0.1) is 0 Å². The second-order valence-electron chi connectivity index (χ2n) is 6.11.